The molecule has 2 fully saturated rings. The first-order valence-corrected chi connectivity index (χ1v) is 10.6. The summed E-state index contributed by atoms with van der Waals surface area (Å²) in [5.74, 6) is 1.57. The first-order chi connectivity index (χ1) is 12.7. The Morgan fingerprint density at radius 2 is 1.96 bits per heavy atom. The lowest BCUT2D eigenvalue weighted by atomic mass is 9.73. The molecule has 148 valence electrons. The molecule has 26 heavy (non-hydrogen) atoms. The zero-order valence-corrected chi connectivity index (χ0v) is 16.2. The molecular formula is C21H35NO4. The van der Waals surface area contributed by atoms with Crippen molar-refractivity contribution in [2.75, 3.05) is 20.3 Å². The number of rotatable bonds is 8. The third kappa shape index (κ3) is 5.01. The van der Waals surface area contributed by atoms with E-state index in [1.807, 2.05) is 11.9 Å². The summed E-state index contributed by atoms with van der Waals surface area (Å²) in [5.41, 5.74) is 0. The van der Waals surface area contributed by atoms with E-state index < -0.39 is 0 Å². The van der Waals surface area contributed by atoms with Crippen molar-refractivity contribution in [2.24, 2.45) is 11.8 Å². The van der Waals surface area contributed by atoms with Crippen LogP contribution in [0.4, 0.5) is 0 Å². The first kappa shape index (κ1) is 19.7. The fourth-order valence-electron chi connectivity index (χ4n) is 4.37. The minimum absolute atomic E-state index is 0.0184. The molecule has 0 spiro atoms. The molecule has 2 aliphatic carbocycles. The molecule has 5 heteroatoms. The number of amides is 1. The second-order valence-corrected chi connectivity index (χ2v) is 8.18. The maximum atomic E-state index is 13.0. The number of carbonyl (C=O) groups excluding carboxylic acids is 1. The van der Waals surface area contributed by atoms with Gasteiger partial charge in [0.25, 0.3) is 5.91 Å². The van der Waals surface area contributed by atoms with Crippen molar-refractivity contribution in [2.45, 2.75) is 83.0 Å². The summed E-state index contributed by atoms with van der Waals surface area (Å²) in [6.45, 7) is 0.762. The minimum Gasteiger partial charge on any atom is -0.459 e. The Balaban J connectivity index is 1.62. The highest BCUT2D eigenvalue weighted by Gasteiger charge is 2.36. The summed E-state index contributed by atoms with van der Waals surface area (Å²) in [7, 11) is 1.92. The molecule has 0 aromatic heterocycles. The molecule has 1 N–H and O–H groups in total. The Hall–Kier alpha value is -1.07. The lowest BCUT2D eigenvalue weighted by Crippen LogP contribution is -2.42. The van der Waals surface area contributed by atoms with E-state index in [2.05, 4.69) is 6.08 Å². The average molecular weight is 366 g/mol. The number of hydrogen-bond donors (Lipinski definition) is 1. The summed E-state index contributed by atoms with van der Waals surface area (Å²) < 4.78 is 11.9. The third-order valence-corrected chi connectivity index (χ3v) is 6.35. The molecule has 1 amide bonds. The maximum absolute atomic E-state index is 13.0. The summed E-state index contributed by atoms with van der Waals surface area (Å²) in [6.07, 6.45) is 13.9. The molecule has 5 nitrogen and oxygen atoms in total. The van der Waals surface area contributed by atoms with Crippen LogP contribution in [0.25, 0.3) is 0 Å². The van der Waals surface area contributed by atoms with E-state index in [1.165, 1.54) is 38.5 Å². The number of aliphatic hydroxyl groups is 1. The molecule has 0 saturated heterocycles. The number of hydrogen-bond acceptors (Lipinski definition) is 4. The largest absolute Gasteiger partial charge is 0.459 e. The lowest BCUT2D eigenvalue weighted by molar-refractivity contribution is -0.158. The topological polar surface area (TPSA) is 59.0 Å². The number of aliphatic hydroxyl groups excluding tert-OH is 1. The highest BCUT2D eigenvalue weighted by atomic mass is 16.7. The van der Waals surface area contributed by atoms with Crippen molar-refractivity contribution in [3.05, 3.63) is 11.8 Å². The second-order valence-electron chi connectivity index (χ2n) is 8.18. The van der Waals surface area contributed by atoms with Crippen LogP contribution in [0.2, 0.25) is 0 Å². The molecule has 0 unspecified atom stereocenters. The van der Waals surface area contributed by atoms with Crippen molar-refractivity contribution in [1.29, 1.82) is 0 Å². The van der Waals surface area contributed by atoms with Crippen LogP contribution in [0, 0.1) is 11.8 Å². The molecule has 3 rings (SSSR count). The van der Waals surface area contributed by atoms with Gasteiger partial charge in [-0.05, 0) is 56.4 Å². The van der Waals surface area contributed by atoms with Gasteiger partial charge in [-0.2, -0.15) is 0 Å². The van der Waals surface area contributed by atoms with E-state index in [0.717, 1.165) is 32.1 Å². The SMILES string of the molecule is CN(C(=O)C1=C[C@@H](C2CCC2)C[C@@H](OCCCCO)O1)C1CCCCC1. The number of unbranched alkanes of at least 4 members (excludes halogenated alkanes) is 1. The van der Waals surface area contributed by atoms with Crippen LogP contribution in [0.5, 0.6) is 0 Å². The molecule has 0 radical (unpaired) electrons. The molecular weight excluding hydrogens is 330 g/mol. The predicted octanol–water partition coefficient (Wildman–Crippen LogP) is 3.61. The van der Waals surface area contributed by atoms with Crippen LogP contribution in [0.15, 0.2) is 11.8 Å². The molecule has 2 saturated carbocycles. The molecule has 3 aliphatic rings. The number of carbonyl (C=O) groups is 1. The molecule has 1 heterocycles. The standard InChI is InChI=1S/C21H35NO4/c1-22(18-10-3-2-4-11-18)21(24)19-14-17(16-8-7-9-16)15-20(26-19)25-13-6-5-12-23/h14,16-18,20,23H,2-13,15H2,1H3/t17-,20+/m1/s1. The molecule has 0 aromatic rings. The van der Waals surface area contributed by atoms with Crippen molar-refractivity contribution >= 4 is 5.91 Å². The van der Waals surface area contributed by atoms with Crippen LogP contribution in [-0.2, 0) is 14.3 Å². The maximum Gasteiger partial charge on any atom is 0.288 e. The van der Waals surface area contributed by atoms with Crippen LogP contribution < -0.4 is 0 Å². The van der Waals surface area contributed by atoms with Gasteiger partial charge in [0.15, 0.2) is 5.76 Å². The normalized spacial score (nSPS) is 27.4. The van der Waals surface area contributed by atoms with Gasteiger partial charge < -0.3 is 19.5 Å². The van der Waals surface area contributed by atoms with Gasteiger partial charge in [0.1, 0.15) is 0 Å². The minimum atomic E-state index is -0.331. The Bertz CT molecular complexity index is 482. The Morgan fingerprint density at radius 1 is 1.19 bits per heavy atom. The quantitative estimate of drug-likeness (QED) is 0.668. The fraction of sp³-hybridized carbons (Fsp3) is 0.857. The summed E-state index contributed by atoms with van der Waals surface area (Å²) in [5, 5.41) is 8.91. The third-order valence-electron chi connectivity index (χ3n) is 6.35. The zero-order valence-electron chi connectivity index (χ0n) is 16.2. The number of allylic oxidation sites excluding steroid dienone is 1. The number of ether oxygens (including phenoxy) is 2. The molecule has 2 atom stereocenters. The van der Waals surface area contributed by atoms with E-state index in [-0.39, 0.29) is 18.8 Å². The van der Waals surface area contributed by atoms with Gasteiger partial charge >= 0.3 is 0 Å². The fourth-order valence-corrected chi connectivity index (χ4v) is 4.37. The Labute approximate surface area is 157 Å². The van der Waals surface area contributed by atoms with Gasteiger partial charge in [-0.3, -0.25) is 4.79 Å². The van der Waals surface area contributed by atoms with Gasteiger partial charge in [0.2, 0.25) is 6.29 Å². The van der Waals surface area contributed by atoms with Crippen LogP contribution in [0.1, 0.15) is 70.6 Å². The van der Waals surface area contributed by atoms with Crippen molar-refractivity contribution in [1.82, 2.24) is 4.90 Å². The molecule has 1 aliphatic heterocycles. The van der Waals surface area contributed by atoms with Crippen LogP contribution in [0.3, 0.4) is 0 Å². The van der Waals surface area contributed by atoms with E-state index in [9.17, 15) is 4.79 Å². The average Bonchev–Trinajstić information content (AvgIpc) is 2.63. The lowest BCUT2D eigenvalue weighted by Gasteiger charge is -2.39. The van der Waals surface area contributed by atoms with Gasteiger partial charge in [0.05, 0.1) is 6.61 Å². The van der Waals surface area contributed by atoms with Gasteiger partial charge in [-0.25, -0.2) is 0 Å². The van der Waals surface area contributed by atoms with E-state index in [0.29, 0.717) is 30.2 Å². The van der Waals surface area contributed by atoms with Crippen molar-refractivity contribution in [3.8, 4) is 0 Å². The van der Waals surface area contributed by atoms with E-state index in [1.54, 1.807) is 0 Å². The molecule has 0 bridgehead atoms. The highest BCUT2D eigenvalue weighted by molar-refractivity contribution is 5.91. The summed E-state index contributed by atoms with van der Waals surface area (Å²) in [4.78, 5) is 14.9. The monoisotopic (exact) mass is 365 g/mol. The van der Waals surface area contributed by atoms with E-state index in [4.69, 9.17) is 14.6 Å². The zero-order chi connectivity index (χ0) is 18.4. The summed E-state index contributed by atoms with van der Waals surface area (Å²) >= 11 is 0. The van der Waals surface area contributed by atoms with Crippen LogP contribution in [-0.4, -0.2) is 48.5 Å². The predicted molar refractivity (Wildman–Crippen MR) is 100 cm³/mol. The van der Waals surface area contributed by atoms with Gasteiger partial charge in [0, 0.05) is 26.1 Å². The van der Waals surface area contributed by atoms with E-state index >= 15 is 0 Å². The highest BCUT2D eigenvalue weighted by Crippen LogP contribution is 2.40. The van der Waals surface area contributed by atoms with Crippen molar-refractivity contribution in [3.63, 3.8) is 0 Å². The summed E-state index contributed by atoms with van der Waals surface area (Å²) in [6, 6.07) is 0.341. The van der Waals surface area contributed by atoms with Gasteiger partial charge in [-0.15, -0.1) is 0 Å². The smallest absolute Gasteiger partial charge is 0.288 e. The van der Waals surface area contributed by atoms with Gasteiger partial charge in [-0.1, -0.05) is 25.7 Å². The number of likely N-dealkylation sites (N-methyl/N-ethyl adjacent to an activating group) is 1. The first-order valence-electron chi connectivity index (χ1n) is 10.6. The van der Waals surface area contributed by atoms with Crippen LogP contribution >= 0.6 is 0 Å². The Kier molecular flexibility index (Phi) is 7.38. The second kappa shape index (κ2) is 9.75. The number of nitrogens with zero attached hydrogens (tertiary/aromatic N) is 1. The van der Waals surface area contributed by atoms with Crippen molar-refractivity contribution < 1.29 is 19.4 Å². The Morgan fingerprint density at radius 3 is 2.62 bits per heavy atom. The molecule has 0 aromatic carbocycles.